The van der Waals surface area contributed by atoms with Gasteiger partial charge in [0.25, 0.3) is 5.91 Å². The highest BCUT2D eigenvalue weighted by molar-refractivity contribution is 7.89. The molecule has 3 aromatic rings. The average Bonchev–Trinajstić information content (AvgIpc) is 3.15. The van der Waals surface area contributed by atoms with E-state index >= 15 is 0 Å². The second-order valence-electron chi connectivity index (χ2n) is 6.88. The molecule has 0 bridgehead atoms. The number of sulfonamides is 1. The van der Waals surface area contributed by atoms with Crippen molar-refractivity contribution in [2.24, 2.45) is 0 Å². The highest BCUT2D eigenvalue weighted by Crippen LogP contribution is 2.16. The molecule has 0 spiro atoms. The van der Waals surface area contributed by atoms with E-state index in [1.165, 1.54) is 12.1 Å². The molecular weight excluding hydrogens is 404 g/mol. The van der Waals surface area contributed by atoms with Gasteiger partial charge in [0.1, 0.15) is 0 Å². The number of hydrogen-bond donors (Lipinski definition) is 2. The highest BCUT2D eigenvalue weighted by Gasteiger charge is 2.18. The minimum absolute atomic E-state index is 0.0514. The molecule has 2 N–H and O–H groups in total. The van der Waals surface area contributed by atoms with Crippen molar-refractivity contribution in [3.05, 3.63) is 76.9 Å². The fourth-order valence-electron chi connectivity index (χ4n) is 2.85. The van der Waals surface area contributed by atoms with Crippen molar-refractivity contribution in [3.63, 3.8) is 0 Å². The first-order valence-electron chi connectivity index (χ1n) is 9.57. The van der Waals surface area contributed by atoms with Gasteiger partial charge >= 0.3 is 0 Å². The summed E-state index contributed by atoms with van der Waals surface area (Å²) in [7, 11) is -3.75. The van der Waals surface area contributed by atoms with Gasteiger partial charge in [0.05, 0.1) is 4.90 Å². The number of aryl methyl sites for hydroxylation is 3. The Labute approximate surface area is 175 Å². The Morgan fingerprint density at radius 2 is 1.87 bits per heavy atom. The normalized spacial score (nSPS) is 11.4. The predicted molar refractivity (Wildman–Crippen MR) is 111 cm³/mol. The number of carbonyl (C=O) groups is 1. The van der Waals surface area contributed by atoms with Crippen LogP contribution in [0.5, 0.6) is 0 Å². The smallest absolute Gasteiger partial charge is 0.251 e. The summed E-state index contributed by atoms with van der Waals surface area (Å²) in [5.74, 6) is 0.772. The molecule has 0 aliphatic carbocycles. The molecule has 1 amide bonds. The van der Waals surface area contributed by atoms with Crippen LogP contribution in [0, 0.1) is 13.8 Å². The van der Waals surface area contributed by atoms with Crippen molar-refractivity contribution in [2.45, 2.75) is 38.1 Å². The van der Waals surface area contributed by atoms with Gasteiger partial charge in [-0.2, -0.15) is 4.98 Å². The van der Waals surface area contributed by atoms with Crippen LogP contribution in [0.4, 0.5) is 0 Å². The van der Waals surface area contributed by atoms with Gasteiger partial charge in [0.2, 0.25) is 15.9 Å². The molecule has 158 valence electrons. The molecule has 0 radical (unpaired) electrons. The van der Waals surface area contributed by atoms with Gasteiger partial charge in [-0.1, -0.05) is 41.6 Å². The second kappa shape index (κ2) is 9.64. The second-order valence-corrected chi connectivity index (χ2v) is 8.65. The summed E-state index contributed by atoms with van der Waals surface area (Å²) in [5, 5.41) is 6.53. The zero-order chi connectivity index (χ0) is 21.6. The number of hydrogen-bond acceptors (Lipinski definition) is 6. The van der Waals surface area contributed by atoms with Crippen LogP contribution in [-0.2, 0) is 23.0 Å². The first kappa shape index (κ1) is 21.7. The Hall–Kier alpha value is -3.04. The molecule has 1 aromatic heterocycles. The zero-order valence-electron chi connectivity index (χ0n) is 16.9. The van der Waals surface area contributed by atoms with Gasteiger partial charge in [-0.25, -0.2) is 13.1 Å². The molecule has 0 aliphatic heterocycles. The molecule has 0 saturated carbocycles. The van der Waals surface area contributed by atoms with E-state index in [1.54, 1.807) is 19.9 Å². The summed E-state index contributed by atoms with van der Waals surface area (Å²) in [6.07, 6.45) is 1.18. The van der Waals surface area contributed by atoms with E-state index in [9.17, 15) is 13.2 Å². The van der Waals surface area contributed by atoms with E-state index in [0.29, 0.717) is 42.2 Å². The number of rotatable bonds is 9. The summed E-state index contributed by atoms with van der Waals surface area (Å²) in [6.45, 7) is 4.09. The van der Waals surface area contributed by atoms with Crippen LogP contribution in [0.3, 0.4) is 0 Å². The topological polar surface area (TPSA) is 114 Å². The number of amides is 1. The largest absolute Gasteiger partial charge is 0.352 e. The number of nitrogens with one attached hydrogen (secondary N) is 2. The molecule has 30 heavy (non-hydrogen) atoms. The van der Waals surface area contributed by atoms with Gasteiger partial charge in [0.15, 0.2) is 5.82 Å². The van der Waals surface area contributed by atoms with Crippen molar-refractivity contribution in [1.29, 1.82) is 0 Å². The highest BCUT2D eigenvalue weighted by atomic mass is 32.2. The van der Waals surface area contributed by atoms with Gasteiger partial charge in [-0.3, -0.25) is 4.79 Å². The van der Waals surface area contributed by atoms with Gasteiger partial charge in [-0.15, -0.1) is 0 Å². The van der Waals surface area contributed by atoms with Crippen LogP contribution in [0.1, 0.15) is 39.6 Å². The summed E-state index contributed by atoms with van der Waals surface area (Å²) < 4.78 is 32.9. The zero-order valence-corrected chi connectivity index (χ0v) is 17.7. The number of carbonyl (C=O) groups excluding carboxylic acids is 1. The van der Waals surface area contributed by atoms with E-state index in [4.69, 9.17) is 4.52 Å². The molecular formula is C21H24N4O4S. The Kier molecular flexibility index (Phi) is 6.96. The molecule has 2 aromatic carbocycles. The van der Waals surface area contributed by atoms with Crippen LogP contribution in [-0.4, -0.2) is 31.0 Å². The SMILES string of the molecule is Cc1noc(CCCNC(=O)c2cc(S(=O)(=O)NCc3ccccc3)ccc2C)n1. The minimum Gasteiger partial charge on any atom is -0.352 e. The molecule has 9 heteroatoms. The molecule has 8 nitrogen and oxygen atoms in total. The van der Waals surface area contributed by atoms with Gasteiger partial charge < -0.3 is 9.84 Å². The van der Waals surface area contributed by atoms with Crippen molar-refractivity contribution in [1.82, 2.24) is 20.2 Å². The first-order chi connectivity index (χ1) is 14.3. The van der Waals surface area contributed by atoms with Crippen molar-refractivity contribution in [2.75, 3.05) is 6.54 Å². The Bertz CT molecular complexity index is 1110. The standard InChI is InChI=1S/C21H24N4O4S/c1-15-10-11-18(30(27,28)23-14-17-7-4-3-5-8-17)13-19(15)21(26)22-12-6-9-20-24-16(2)25-29-20/h3-5,7-8,10-11,13,23H,6,9,12,14H2,1-2H3,(H,22,26). The maximum absolute atomic E-state index is 12.6. The van der Waals surface area contributed by atoms with Crippen molar-refractivity contribution >= 4 is 15.9 Å². The molecule has 0 saturated heterocycles. The molecule has 0 aliphatic rings. The molecule has 0 unspecified atom stereocenters. The monoisotopic (exact) mass is 428 g/mol. The molecule has 1 heterocycles. The number of benzene rings is 2. The van der Waals surface area contributed by atoms with E-state index in [0.717, 1.165) is 5.56 Å². The van der Waals surface area contributed by atoms with E-state index in [-0.39, 0.29) is 17.3 Å². The number of aromatic nitrogens is 2. The maximum Gasteiger partial charge on any atom is 0.251 e. The fraction of sp³-hybridized carbons (Fsp3) is 0.286. The summed E-state index contributed by atoms with van der Waals surface area (Å²) in [4.78, 5) is 16.7. The van der Waals surface area contributed by atoms with Crippen LogP contribution < -0.4 is 10.0 Å². The van der Waals surface area contributed by atoms with Crippen LogP contribution >= 0.6 is 0 Å². The van der Waals surface area contributed by atoms with E-state index in [2.05, 4.69) is 20.2 Å². The maximum atomic E-state index is 12.6. The lowest BCUT2D eigenvalue weighted by Gasteiger charge is -2.11. The van der Waals surface area contributed by atoms with Crippen molar-refractivity contribution in [3.8, 4) is 0 Å². The van der Waals surface area contributed by atoms with Crippen LogP contribution in [0.25, 0.3) is 0 Å². The third-order valence-corrected chi connectivity index (χ3v) is 5.89. The average molecular weight is 429 g/mol. The molecule has 0 atom stereocenters. The Balaban J connectivity index is 1.61. The molecule has 3 rings (SSSR count). The van der Waals surface area contributed by atoms with E-state index < -0.39 is 10.0 Å². The van der Waals surface area contributed by atoms with E-state index in [1.807, 2.05) is 30.3 Å². The van der Waals surface area contributed by atoms with Crippen molar-refractivity contribution < 1.29 is 17.7 Å². The predicted octanol–water partition coefficient (Wildman–Crippen LogP) is 2.53. The Morgan fingerprint density at radius 1 is 1.10 bits per heavy atom. The summed E-state index contributed by atoms with van der Waals surface area (Å²) in [5.41, 5.74) is 1.87. The third kappa shape index (κ3) is 5.74. The Morgan fingerprint density at radius 3 is 2.57 bits per heavy atom. The van der Waals surface area contributed by atoms with Crippen LogP contribution in [0.2, 0.25) is 0 Å². The number of nitrogens with zero attached hydrogens (tertiary/aromatic N) is 2. The summed E-state index contributed by atoms with van der Waals surface area (Å²) in [6, 6.07) is 13.8. The van der Waals surface area contributed by atoms with Gasteiger partial charge in [-0.05, 0) is 43.5 Å². The first-order valence-corrected chi connectivity index (χ1v) is 11.0. The lowest BCUT2D eigenvalue weighted by Crippen LogP contribution is -2.27. The molecule has 0 fully saturated rings. The quantitative estimate of drug-likeness (QED) is 0.506. The van der Waals surface area contributed by atoms with Crippen LogP contribution in [0.15, 0.2) is 57.9 Å². The third-order valence-electron chi connectivity index (χ3n) is 4.50. The summed E-state index contributed by atoms with van der Waals surface area (Å²) >= 11 is 0. The lowest BCUT2D eigenvalue weighted by molar-refractivity contribution is 0.0952. The van der Waals surface area contributed by atoms with Gasteiger partial charge in [0, 0.05) is 25.1 Å². The fourth-order valence-corrected chi connectivity index (χ4v) is 3.89. The minimum atomic E-state index is -3.75. The lowest BCUT2D eigenvalue weighted by atomic mass is 10.1.